The predicted octanol–water partition coefficient (Wildman–Crippen LogP) is 8.45. The first-order valence-corrected chi connectivity index (χ1v) is 31.0. The van der Waals surface area contributed by atoms with Crippen molar-refractivity contribution in [2.45, 2.75) is 96.8 Å². The summed E-state index contributed by atoms with van der Waals surface area (Å²) in [5.74, 6) is 6.00. The first kappa shape index (κ1) is 57.4. The molecule has 0 atom stereocenters. The Morgan fingerprint density at radius 3 is 1.95 bits per heavy atom. The highest BCUT2D eigenvalue weighted by Gasteiger charge is 2.45. The maximum absolute atomic E-state index is 13.7. The van der Waals surface area contributed by atoms with Crippen molar-refractivity contribution in [1.29, 1.82) is 0 Å². The molecule has 3 aliphatic heterocycles. The van der Waals surface area contributed by atoms with Gasteiger partial charge in [0, 0.05) is 76.9 Å². The lowest BCUT2D eigenvalue weighted by Crippen LogP contribution is -2.35. The standard InChI is InChI=1S/C58H56N4O14S4/c1-57(2)51(60(5)47-27-25-42-44(55(47)57)32-40(77(65,66)67)34-49(42)79(71,72)73)20-8-6-9-21-52-58(3,4)56-45-33-41(78(68,69)70)35-50(80(74,75)76)43(45)26-28-48(56)61(52)31-15-7-10-22-53(63)59-30-29-54(64)62-36-39-18-12-11-16-37(39)23-24-38-17-13-14-19-46(38)62/h6,8-9,11-14,16-21,25-28,32-35H,7,10,15,22,29-31,36H2,1-5H3,(H4-,59,63,65,66,67,68,69,70,71,72,73,74,75,76). The van der Waals surface area contributed by atoms with Crippen molar-refractivity contribution >= 4 is 96.6 Å². The average Bonchev–Trinajstić information content (AvgIpc) is 3.84. The molecular weight excluding hydrogens is 1100 g/mol. The summed E-state index contributed by atoms with van der Waals surface area (Å²) in [7, 11) is -18.3. The summed E-state index contributed by atoms with van der Waals surface area (Å²) in [6.45, 7) is 8.26. The van der Waals surface area contributed by atoms with E-state index in [1.165, 1.54) is 18.2 Å². The van der Waals surface area contributed by atoms with Gasteiger partial charge in [0.2, 0.25) is 17.5 Å². The average molecular weight is 1160 g/mol. The molecule has 3 aliphatic rings. The number of allylic oxidation sites excluding steroid dienone is 6. The van der Waals surface area contributed by atoms with Gasteiger partial charge in [-0.3, -0.25) is 23.2 Å². The molecule has 0 radical (unpaired) electrons. The van der Waals surface area contributed by atoms with Gasteiger partial charge in [0.1, 0.15) is 22.1 Å². The van der Waals surface area contributed by atoms with Crippen LogP contribution in [-0.4, -0.2) is 94.1 Å². The van der Waals surface area contributed by atoms with E-state index < -0.39 is 70.9 Å². The summed E-state index contributed by atoms with van der Waals surface area (Å²) in [5, 5.41) is 3.21. The fourth-order valence-corrected chi connectivity index (χ4v) is 13.9. The number of nitrogens with zero attached hydrogens (tertiary/aromatic N) is 3. The fourth-order valence-electron chi connectivity index (χ4n) is 11.2. The molecule has 0 aromatic heterocycles. The van der Waals surface area contributed by atoms with Gasteiger partial charge in [0.15, 0.2) is 5.71 Å². The van der Waals surface area contributed by atoms with Crippen molar-refractivity contribution in [1.82, 2.24) is 5.32 Å². The largest absolute Gasteiger partial charge is 0.744 e. The molecule has 18 nitrogen and oxygen atoms in total. The zero-order valence-electron chi connectivity index (χ0n) is 44.1. The van der Waals surface area contributed by atoms with Crippen LogP contribution in [0.2, 0.25) is 0 Å². The molecule has 0 bridgehead atoms. The highest BCUT2D eigenvalue weighted by Crippen LogP contribution is 2.52. The minimum Gasteiger partial charge on any atom is -0.744 e. The number of unbranched alkanes of at least 4 members (excludes halogenated alkanes) is 2. The van der Waals surface area contributed by atoms with Gasteiger partial charge in [0.25, 0.3) is 30.4 Å². The molecule has 0 unspecified atom stereocenters. The number of para-hydroxylation sites is 1. The zero-order valence-corrected chi connectivity index (χ0v) is 47.4. The van der Waals surface area contributed by atoms with Crippen molar-refractivity contribution in [3.05, 3.63) is 161 Å². The maximum Gasteiger partial charge on any atom is 0.295 e. The number of carbonyl (C=O) groups excluding carboxylic acids is 2. The number of benzene rings is 6. The van der Waals surface area contributed by atoms with Crippen LogP contribution in [0, 0.1) is 11.8 Å². The number of anilines is 2. The van der Waals surface area contributed by atoms with Crippen LogP contribution in [0.5, 0.6) is 0 Å². The van der Waals surface area contributed by atoms with Crippen molar-refractivity contribution in [3.63, 3.8) is 0 Å². The third-order valence-electron chi connectivity index (χ3n) is 14.9. The second kappa shape index (κ2) is 21.3. The quantitative estimate of drug-likeness (QED) is 0.0233. The SMILES string of the molecule is C[N+]1=C(/C=C/C=C/C=C2/N(CCCCCC(=O)NCCC(=O)N3Cc4ccccc4C#Cc4ccccc43)c3ccc4c(S(=O)(=O)[O-])cc(S(=O)(=O)O)cc4c3C2(C)C)C(C)(C)c2c1ccc1c(S(=O)(=O)O)cc(S(=O)(=O)O)cc21. The molecule has 2 amide bonds. The van der Waals surface area contributed by atoms with E-state index in [0.717, 1.165) is 22.8 Å². The highest BCUT2D eigenvalue weighted by atomic mass is 32.2. The first-order valence-electron chi connectivity index (χ1n) is 25.3. The number of hydrogen-bond acceptors (Lipinski definition) is 12. The summed E-state index contributed by atoms with van der Waals surface area (Å²) in [6.07, 6.45) is 10.8. The van der Waals surface area contributed by atoms with Crippen molar-refractivity contribution < 1.29 is 66.0 Å². The lowest BCUT2D eigenvalue weighted by atomic mass is 9.79. The molecular formula is C58H56N4O14S4. The van der Waals surface area contributed by atoms with E-state index in [-0.39, 0.29) is 52.7 Å². The molecule has 0 saturated carbocycles. The third-order valence-corrected chi connectivity index (χ3v) is 18.4. The Bertz CT molecular complexity index is 4300. The second-order valence-corrected chi connectivity index (χ2v) is 26.4. The van der Waals surface area contributed by atoms with Crippen molar-refractivity contribution in [2.24, 2.45) is 0 Å². The molecule has 0 fully saturated rings. The van der Waals surface area contributed by atoms with Gasteiger partial charge in [0.05, 0.1) is 32.3 Å². The number of hydrogen-bond donors (Lipinski definition) is 4. The zero-order chi connectivity index (χ0) is 57.9. The molecule has 9 rings (SSSR count). The van der Waals surface area contributed by atoms with Gasteiger partial charge in [-0.05, 0) is 115 Å². The van der Waals surface area contributed by atoms with Gasteiger partial charge in [-0.2, -0.15) is 29.8 Å². The summed E-state index contributed by atoms with van der Waals surface area (Å²) in [6, 6.07) is 25.0. The highest BCUT2D eigenvalue weighted by molar-refractivity contribution is 7.87. The Morgan fingerprint density at radius 1 is 0.662 bits per heavy atom. The smallest absolute Gasteiger partial charge is 0.295 e. The predicted molar refractivity (Wildman–Crippen MR) is 302 cm³/mol. The molecule has 0 saturated heterocycles. The molecule has 22 heteroatoms. The summed E-state index contributed by atoms with van der Waals surface area (Å²) in [5.41, 5.74) is 4.94. The van der Waals surface area contributed by atoms with Crippen LogP contribution < -0.4 is 15.1 Å². The van der Waals surface area contributed by atoms with Crippen LogP contribution in [-0.2, 0) is 67.4 Å². The van der Waals surface area contributed by atoms with Gasteiger partial charge < -0.3 is 19.7 Å². The van der Waals surface area contributed by atoms with Gasteiger partial charge in [-0.15, -0.1) is 0 Å². The van der Waals surface area contributed by atoms with E-state index in [1.54, 1.807) is 42.3 Å². The Balaban J connectivity index is 0.943. The second-order valence-electron chi connectivity index (χ2n) is 20.8. The number of nitrogens with one attached hydrogen (secondary N) is 1. The van der Waals surface area contributed by atoms with Crippen LogP contribution >= 0.6 is 0 Å². The summed E-state index contributed by atoms with van der Waals surface area (Å²) >= 11 is 0. The van der Waals surface area contributed by atoms with Crippen LogP contribution in [0.25, 0.3) is 21.5 Å². The van der Waals surface area contributed by atoms with E-state index in [4.69, 9.17) is 0 Å². The molecule has 6 aromatic carbocycles. The molecule has 4 N–H and O–H groups in total. The van der Waals surface area contributed by atoms with Crippen LogP contribution in [0.1, 0.15) is 87.6 Å². The third kappa shape index (κ3) is 11.1. The van der Waals surface area contributed by atoms with E-state index in [1.807, 2.05) is 97.9 Å². The monoisotopic (exact) mass is 1160 g/mol. The molecule has 3 heterocycles. The fraction of sp³-hybridized carbons (Fsp3) is 0.259. The van der Waals surface area contributed by atoms with Crippen LogP contribution in [0.4, 0.5) is 17.1 Å². The minimum absolute atomic E-state index is 0.0320. The molecule has 0 aliphatic carbocycles. The van der Waals surface area contributed by atoms with Crippen LogP contribution in [0.3, 0.4) is 0 Å². The van der Waals surface area contributed by atoms with Crippen molar-refractivity contribution in [2.75, 3.05) is 29.9 Å². The number of amides is 2. The van der Waals surface area contributed by atoms with Gasteiger partial charge >= 0.3 is 0 Å². The minimum atomic E-state index is -5.25. The number of carbonyl (C=O) groups is 2. The molecule has 0 spiro atoms. The van der Waals surface area contributed by atoms with E-state index >= 15 is 0 Å². The van der Waals surface area contributed by atoms with E-state index in [0.29, 0.717) is 84.1 Å². The Kier molecular flexibility index (Phi) is 15.3. The maximum atomic E-state index is 13.7. The lowest BCUT2D eigenvalue weighted by molar-refractivity contribution is -0.401. The number of rotatable bonds is 16. The van der Waals surface area contributed by atoms with E-state index in [2.05, 4.69) is 17.2 Å². The molecule has 80 heavy (non-hydrogen) atoms. The Hall–Kier alpha value is -7.33. The normalized spacial score (nSPS) is 16.4. The number of fused-ring (bicyclic) bond motifs is 8. The first-order chi connectivity index (χ1) is 37.5. The topological polar surface area (TPSA) is 276 Å². The lowest BCUT2D eigenvalue weighted by Gasteiger charge is -2.27. The summed E-state index contributed by atoms with van der Waals surface area (Å²) < 4.78 is 145. The van der Waals surface area contributed by atoms with Crippen LogP contribution in [0.15, 0.2) is 153 Å². The van der Waals surface area contributed by atoms with E-state index in [9.17, 15) is 61.5 Å². The Morgan fingerprint density at radius 2 is 1.27 bits per heavy atom. The van der Waals surface area contributed by atoms with Gasteiger partial charge in [-0.1, -0.05) is 86.7 Å². The molecule has 6 aromatic rings. The molecule has 416 valence electrons. The summed E-state index contributed by atoms with van der Waals surface area (Å²) in [4.78, 5) is 27.6. The Labute approximate surface area is 464 Å². The van der Waals surface area contributed by atoms with Gasteiger partial charge in [-0.25, -0.2) is 8.42 Å². The van der Waals surface area contributed by atoms with Crippen molar-refractivity contribution in [3.8, 4) is 11.8 Å².